The Morgan fingerprint density at radius 2 is 2.18 bits per heavy atom. The van der Waals surface area contributed by atoms with E-state index in [1.165, 1.54) is 0 Å². The molecule has 0 spiro atoms. The van der Waals surface area contributed by atoms with Crippen LogP contribution in [0.15, 0.2) is 0 Å². The van der Waals surface area contributed by atoms with Crippen LogP contribution in [-0.4, -0.2) is 31.3 Å². The van der Waals surface area contributed by atoms with Gasteiger partial charge in [0.05, 0.1) is 0 Å². The number of Topliss-reactive ketones (excluding diaryl/α,β-unsaturated/α-hetero) is 1. The lowest BCUT2D eigenvalue weighted by Gasteiger charge is -2.14. The van der Waals surface area contributed by atoms with Crippen LogP contribution in [0.4, 0.5) is 0 Å². The van der Waals surface area contributed by atoms with Crippen LogP contribution < -0.4 is 0 Å². The van der Waals surface area contributed by atoms with Crippen LogP contribution in [-0.2, 0) is 4.79 Å². The summed E-state index contributed by atoms with van der Waals surface area (Å²) in [5.74, 6) is 1.39. The first-order chi connectivity index (χ1) is 5.09. The summed E-state index contributed by atoms with van der Waals surface area (Å²) < 4.78 is 0. The molecule has 64 valence electrons. The Hall–Kier alpha value is -0.370. The van der Waals surface area contributed by atoms with Crippen molar-refractivity contribution in [3.8, 4) is 0 Å². The molecule has 0 heterocycles. The summed E-state index contributed by atoms with van der Waals surface area (Å²) in [6, 6.07) is 0. The van der Waals surface area contributed by atoms with Crippen molar-refractivity contribution in [3.63, 3.8) is 0 Å². The highest BCUT2D eigenvalue weighted by molar-refractivity contribution is 5.82. The quantitative estimate of drug-likeness (QED) is 0.596. The molecule has 0 N–H and O–H groups in total. The number of nitrogens with zero attached hydrogens (tertiary/aromatic N) is 1. The van der Waals surface area contributed by atoms with Gasteiger partial charge >= 0.3 is 0 Å². The fraction of sp³-hybridized carbons (Fsp3) is 0.889. The maximum absolute atomic E-state index is 11.1. The van der Waals surface area contributed by atoms with Gasteiger partial charge in [-0.25, -0.2) is 0 Å². The third-order valence-corrected chi connectivity index (χ3v) is 2.35. The lowest BCUT2D eigenvalue weighted by atomic mass is 10.1. The first-order valence-corrected chi connectivity index (χ1v) is 4.27. The van der Waals surface area contributed by atoms with Crippen molar-refractivity contribution in [2.24, 2.45) is 11.8 Å². The monoisotopic (exact) mass is 155 g/mol. The van der Waals surface area contributed by atoms with Crippen LogP contribution >= 0.6 is 0 Å². The van der Waals surface area contributed by atoms with Crippen LogP contribution in [0, 0.1) is 11.8 Å². The molecule has 2 nitrogen and oxygen atoms in total. The molecule has 1 rings (SSSR count). The minimum atomic E-state index is 0.319. The maximum atomic E-state index is 11.1. The SMILES string of the molecule is C[C@@H]1C[C@H](CN(C)C)CC1=O. The predicted molar refractivity (Wildman–Crippen MR) is 45.4 cm³/mol. The van der Waals surface area contributed by atoms with E-state index >= 15 is 0 Å². The number of carbonyl (C=O) groups is 1. The van der Waals surface area contributed by atoms with Gasteiger partial charge in [0, 0.05) is 18.9 Å². The van der Waals surface area contributed by atoms with Gasteiger partial charge in [-0.1, -0.05) is 6.92 Å². The van der Waals surface area contributed by atoms with Crippen molar-refractivity contribution >= 4 is 5.78 Å². The van der Waals surface area contributed by atoms with Gasteiger partial charge in [0.2, 0.25) is 0 Å². The highest BCUT2D eigenvalue weighted by atomic mass is 16.1. The van der Waals surface area contributed by atoms with E-state index in [0.717, 1.165) is 19.4 Å². The van der Waals surface area contributed by atoms with E-state index in [4.69, 9.17) is 0 Å². The van der Waals surface area contributed by atoms with E-state index in [1.54, 1.807) is 0 Å². The average Bonchev–Trinajstić information content (AvgIpc) is 2.10. The maximum Gasteiger partial charge on any atom is 0.136 e. The van der Waals surface area contributed by atoms with Crippen molar-refractivity contribution in [2.75, 3.05) is 20.6 Å². The van der Waals surface area contributed by atoms with Crippen molar-refractivity contribution in [3.05, 3.63) is 0 Å². The first kappa shape index (κ1) is 8.72. The summed E-state index contributed by atoms with van der Waals surface area (Å²) in [6.45, 7) is 3.11. The number of ketones is 1. The van der Waals surface area contributed by atoms with Crippen LogP contribution in [0.5, 0.6) is 0 Å². The van der Waals surface area contributed by atoms with Crippen LogP contribution in [0.25, 0.3) is 0 Å². The van der Waals surface area contributed by atoms with E-state index in [2.05, 4.69) is 19.0 Å². The second kappa shape index (κ2) is 3.35. The smallest absolute Gasteiger partial charge is 0.136 e. The summed E-state index contributed by atoms with van der Waals surface area (Å²) in [7, 11) is 4.13. The minimum absolute atomic E-state index is 0.319. The Kier molecular flexibility index (Phi) is 2.66. The molecule has 1 saturated carbocycles. The zero-order valence-corrected chi connectivity index (χ0v) is 7.63. The van der Waals surface area contributed by atoms with E-state index < -0.39 is 0 Å². The fourth-order valence-electron chi connectivity index (χ4n) is 1.86. The molecule has 0 aliphatic heterocycles. The molecule has 0 aromatic rings. The molecule has 0 aromatic carbocycles. The second-order valence-corrected chi connectivity index (χ2v) is 3.94. The van der Waals surface area contributed by atoms with E-state index in [1.807, 2.05) is 6.92 Å². The molecule has 0 aromatic heterocycles. The largest absolute Gasteiger partial charge is 0.309 e. The van der Waals surface area contributed by atoms with Crippen LogP contribution in [0.2, 0.25) is 0 Å². The Morgan fingerprint density at radius 3 is 2.55 bits per heavy atom. The summed E-state index contributed by atoms with van der Waals surface area (Å²) >= 11 is 0. The van der Waals surface area contributed by atoms with Gasteiger partial charge in [0.15, 0.2) is 0 Å². The zero-order chi connectivity index (χ0) is 8.43. The van der Waals surface area contributed by atoms with E-state index in [0.29, 0.717) is 17.6 Å². The normalized spacial score (nSPS) is 31.8. The predicted octanol–water partition coefficient (Wildman–Crippen LogP) is 1.16. The lowest BCUT2D eigenvalue weighted by Crippen LogP contribution is -2.19. The van der Waals surface area contributed by atoms with Crippen molar-refractivity contribution < 1.29 is 4.79 Å². The highest BCUT2D eigenvalue weighted by Gasteiger charge is 2.28. The molecule has 1 aliphatic carbocycles. The second-order valence-electron chi connectivity index (χ2n) is 3.94. The van der Waals surface area contributed by atoms with Crippen LogP contribution in [0.3, 0.4) is 0 Å². The van der Waals surface area contributed by atoms with E-state index in [-0.39, 0.29) is 0 Å². The molecular weight excluding hydrogens is 138 g/mol. The Bertz CT molecular complexity index is 154. The highest BCUT2D eigenvalue weighted by Crippen LogP contribution is 2.27. The summed E-state index contributed by atoms with van der Waals surface area (Å²) in [6.07, 6.45) is 1.90. The molecular formula is C9H17NO. The molecule has 0 amide bonds. The van der Waals surface area contributed by atoms with Gasteiger partial charge in [-0.3, -0.25) is 4.79 Å². The summed E-state index contributed by atoms with van der Waals surface area (Å²) in [5, 5.41) is 0. The molecule has 0 radical (unpaired) electrons. The molecule has 1 aliphatic rings. The van der Waals surface area contributed by atoms with Gasteiger partial charge in [0.25, 0.3) is 0 Å². The Balaban J connectivity index is 2.35. The minimum Gasteiger partial charge on any atom is -0.309 e. The van der Waals surface area contributed by atoms with Gasteiger partial charge in [-0.05, 0) is 26.4 Å². The third kappa shape index (κ3) is 2.29. The molecule has 2 atom stereocenters. The summed E-state index contributed by atoms with van der Waals surface area (Å²) in [4.78, 5) is 13.3. The number of hydrogen-bond donors (Lipinski definition) is 0. The molecule has 11 heavy (non-hydrogen) atoms. The van der Waals surface area contributed by atoms with Crippen LogP contribution in [0.1, 0.15) is 19.8 Å². The topological polar surface area (TPSA) is 20.3 Å². The Morgan fingerprint density at radius 1 is 1.55 bits per heavy atom. The molecule has 2 heteroatoms. The fourth-order valence-corrected chi connectivity index (χ4v) is 1.86. The van der Waals surface area contributed by atoms with Crippen molar-refractivity contribution in [2.45, 2.75) is 19.8 Å². The first-order valence-electron chi connectivity index (χ1n) is 4.27. The number of rotatable bonds is 2. The zero-order valence-electron chi connectivity index (χ0n) is 7.63. The molecule has 1 fully saturated rings. The average molecular weight is 155 g/mol. The number of carbonyl (C=O) groups excluding carboxylic acids is 1. The molecule has 0 unspecified atom stereocenters. The van der Waals surface area contributed by atoms with Crippen molar-refractivity contribution in [1.29, 1.82) is 0 Å². The number of hydrogen-bond acceptors (Lipinski definition) is 2. The third-order valence-electron chi connectivity index (χ3n) is 2.35. The van der Waals surface area contributed by atoms with E-state index in [9.17, 15) is 4.79 Å². The van der Waals surface area contributed by atoms with Gasteiger partial charge in [0.1, 0.15) is 5.78 Å². The van der Waals surface area contributed by atoms with Crippen molar-refractivity contribution in [1.82, 2.24) is 4.90 Å². The van der Waals surface area contributed by atoms with Gasteiger partial charge < -0.3 is 4.90 Å². The summed E-state index contributed by atoms with van der Waals surface area (Å²) in [5.41, 5.74) is 0. The molecule has 0 bridgehead atoms. The van der Waals surface area contributed by atoms with Gasteiger partial charge in [-0.2, -0.15) is 0 Å². The Labute approximate surface area is 68.6 Å². The standard InChI is InChI=1S/C9H17NO/c1-7-4-8(5-9(7)11)6-10(2)3/h7-8H,4-6H2,1-3H3/t7-,8+/m1/s1. The molecule has 0 saturated heterocycles. The lowest BCUT2D eigenvalue weighted by molar-refractivity contribution is -0.120. The van der Waals surface area contributed by atoms with Gasteiger partial charge in [-0.15, -0.1) is 0 Å².